The number of ketones is 1. The van der Waals surface area contributed by atoms with Crippen LogP contribution in [-0.2, 0) is 9.59 Å². The number of hydrogen-bond donors (Lipinski definition) is 2. The molecule has 2 N–H and O–H groups in total. The maximum atomic E-state index is 12.0. The van der Waals surface area contributed by atoms with Crippen molar-refractivity contribution in [1.82, 2.24) is 41.2 Å². The predicted octanol–water partition coefficient (Wildman–Crippen LogP) is 2.29. The summed E-state index contributed by atoms with van der Waals surface area (Å²) in [6.45, 7) is 0. The monoisotopic (exact) mass is 376 g/mol. The van der Waals surface area contributed by atoms with Gasteiger partial charge in [0, 0.05) is 19.3 Å². The third-order valence-corrected chi connectivity index (χ3v) is 4.61. The van der Waals surface area contributed by atoms with Crippen LogP contribution in [0.4, 0.5) is 0 Å². The summed E-state index contributed by atoms with van der Waals surface area (Å²) < 4.78 is 0. The molecule has 2 rings (SSSR count). The van der Waals surface area contributed by atoms with Crippen LogP contribution in [0.1, 0.15) is 94.6 Å². The first kappa shape index (κ1) is 20.8. The number of rotatable bonds is 16. The Morgan fingerprint density at radius 3 is 1.93 bits per heavy atom. The lowest BCUT2D eigenvalue weighted by Crippen LogP contribution is -2.07. The number of H-pyrrole nitrogens is 2. The van der Waals surface area contributed by atoms with Gasteiger partial charge < -0.3 is 4.79 Å². The first-order valence-electron chi connectivity index (χ1n) is 9.74. The number of aromatic amines is 2. The van der Waals surface area contributed by atoms with Crippen LogP contribution in [0.2, 0.25) is 0 Å². The van der Waals surface area contributed by atoms with Gasteiger partial charge in [-0.2, -0.15) is 0 Å². The fourth-order valence-electron chi connectivity index (χ4n) is 3.08. The minimum absolute atomic E-state index is 0.121. The summed E-state index contributed by atoms with van der Waals surface area (Å²) in [4.78, 5) is 22.2. The molecule has 10 heteroatoms. The predicted molar refractivity (Wildman–Crippen MR) is 96.7 cm³/mol. The van der Waals surface area contributed by atoms with E-state index >= 15 is 0 Å². The average molecular weight is 376 g/mol. The lowest BCUT2D eigenvalue weighted by Gasteiger charge is -2.09. The molecule has 0 unspecified atom stereocenters. The molecule has 0 radical (unpaired) electrons. The SMILES string of the molecule is O=CCCCCCCCCC(=O)CCCCC(c1nnn[nH]1)c1nnn[nH]1. The van der Waals surface area contributed by atoms with Crippen LogP contribution >= 0.6 is 0 Å². The highest BCUT2D eigenvalue weighted by Crippen LogP contribution is 2.23. The Kier molecular flexibility index (Phi) is 9.83. The van der Waals surface area contributed by atoms with Crippen molar-refractivity contribution in [2.24, 2.45) is 0 Å². The molecular weight excluding hydrogens is 348 g/mol. The largest absolute Gasteiger partial charge is 0.303 e. The molecule has 0 aromatic carbocycles. The molecule has 0 aliphatic rings. The molecule has 2 aromatic rings. The number of nitrogens with one attached hydrogen (secondary N) is 2. The maximum Gasteiger partial charge on any atom is 0.159 e. The van der Waals surface area contributed by atoms with E-state index in [0.717, 1.165) is 64.1 Å². The Hall–Kier alpha value is -2.52. The summed E-state index contributed by atoms with van der Waals surface area (Å²) in [6, 6.07) is 0. The summed E-state index contributed by atoms with van der Waals surface area (Å²) in [7, 11) is 0. The lowest BCUT2D eigenvalue weighted by atomic mass is 9.98. The Balaban J connectivity index is 1.55. The summed E-state index contributed by atoms with van der Waals surface area (Å²) in [5.41, 5.74) is 0. The molecule has 0 aliphatic carbocycles. The normalized spacial score (nSPS) is 11.1. The molecule has 0 amide bonds. The summed E-state index contributed by atoms with van der Waals surface area (Å²) in [6.07, 6.45) is 11.8. The van der Waals surface area contributed by atoms with Crippen molar-refractivity contribution in [3.05, 3.63) is 11.6 Å². The van der Waals surface area contributed by atoms with E-state index in [4.69, 9.17) is 0 Å². The molecule has 0 saturated heterocycles. The highest BCUT2D eigenvalue weighted by Gasteiger charge is 2.21. The van der Waals surface area contributed by atoms with Crippen LogP contribution in [-0.4, -0.2) is 53.3 Å². The number of nitrogens with zero attached hydrogens (tertiary/aromatic N) is 6. The molecule has 2 heterocycles. The molecule has 2 aromatic heterocycles. The van der Waals surface area contributed by atoms with Gasteiger partial charge in [-0.25, -0.2) is 10.2 Å². The number of Topliss-reactive ketones (excluding diaryl/α,β-unsaturated/α-hetero) is 1. The summed E-state index contributed by atoms with van der Waals surface area (Å²) in [5.74, 6) is 1.44. The average Bonchev–Trinajstić information content (AvgIpc) is 3.38. The zero-order valence-corrected chi connectivity index (χ0v) is 15.6. The second kappa shape index (κ2) is 12.8. The van der Waals surface area contributed by atoms with Crippen molar-refractivity contribution >= 4 is 12.1 Å². The summed E-state index contributed by atoms with van der Waals surface area (Å²) >= 11 is 0. The Morgan fingerprint density at radius 2 is 1.37 bits per heavy atom. The van der Waals surface area contributed by atoms with Gasteiger partial charge in [-0.05, 0) is 46.5 Å². The van der Waals surface area contributed by atoms with E-state index in [1.54, 1.807) is 0 Å². The maximum absolute atomic E-state index is 12.0. The van der Waals surface area contributed by atoms with Gasteiger partial charge in [-0.3, -0.25) is 4.79 Å². The second-order valence-corrected chi connectivity index (χ2v) is 6.74. The Labute approximate surface area is 158 Å². The highest BCUT2D eigenvalue weighted by atomic mass is 16.1. The molecule has 0 saturated carbocycles. The van der Waals surface area contributed by atoms with E-state index in [-0.39, 0.29) is 5.92 Å². The third kappa shape index (κ3) is 8.14. The van der Waals surface area contributed by atoms with E-state index in [1.807, 2.05) is 0 Å². The number of tetrazole rings is 2. The fraction of sp³-hybridized carbons (Fsp3) is 0.765. The smallest absolute Gasteiger partial charge is 0.159 e. The quantitative estimate of drug-likeness (QED) is 0.335. The highest BCUT2D eigenvalue weighted by molar-refractivity contribution is 5.78. The van der Waals surface area contributed by atoms with Gasteiger partial charge in [0.15, 0.2) is 11.6 Å². The van der Waals surface area contributed by atoms with Gasteiger partial charge in [0.05, 0.1) is 5.92 Å². The van der Waals surface area contributed by atoms with Crippen molar-refractivity contribution in [1.29, 1.82) is 0 Å². The van der Waals surface area contributed by atoms with E-state index in [2.05, 4.69) is 41.2 Å². The molecule has 10 nitrogen and oxygen atoms in total. The third-order valence-electron chi connectivity index (χ3n) is 4.61. The van der Waals surface area contributed by atoms with E-state index in [9.17, 15) is 9.59 Å². The number of carbonyl (C=O) groups excluding carboxylic acids is 2. The molecule has 27 heavy (non-hydrogen) atoms. The molecule has 0 aliphatic heterocycles. The zero-order valence-electron chi connectivity index (χ0n) is 15.6. The Morgan fingerprint density at radius 1 is 0.815 bits per heavy atom. The fourth-order valence-corrected chi connectivity index (χ4v) is 3.08. The molecule has 0 atom stereocenters. The summed E-state index contributed by atoms with van der Waals surface area (Å²) in [5, 5.41) is 27.8. The molecule has 148 valence electrons. The van der Waals surface area contributed by atoms with Crippen molar-refractivity contribution in [3.8, 4) is 0 Å². The van der Waals surface area contributed by atoms with E-state index < -0.39 is 0 Å². The van der Waals surface area contributed by atoms with Gasteiger partial charge in [0.1, 0.15) is 12.1 Å². The van der Waals surface area contributed by atoms with Crippen LogP contribution in [0.3, 0.4) is 0 Å². The van der Waals surface area contributed by atoms with Gasteiger partial charge in [-0.1, -0.05) is 32.1 Å². The van der Waals surface area contributed by atoms with Crippen LogP contribution in [0.25, 0.3) is 0 Å². The van der Waals surface area contributed by atoms with E-state index in [1.165, 1.54) is 0 Å². The van der Waals surface area contributed by atoms with Crippen LogP contribution in [0, 0.1) is 0 Å². The number of aromatic nitrogens is 8. The van der Waals surface area contributed by atoms with E-state index in [0.29, 0.717) is 36.7 Å². The number of carbonyl (C=O) groups is 2. The topological polar surface area (TPSA) is 143 Å². The minimum Gasteiger partial charge on any atom is -0.303 e. The minimum atomic E-state index is -0.121. The van der Waals surface area contributed by atoms with Crippen molar-refractivity contribution < 1.29 is 9.59 Å². The van der Waals surface area contributed by atoms with Gasteiger partial charge in [-0.15, -0.1) is 10.2 Å². The van der Waals surface area contributed by atoms with Crippen LogP contribution in [0.5, 0.6) is 0 Å². The van der Waals surface area contributed by atoms with Crippen molar-refractivity contribution in [3.63, 3.8) is 0 Å². The lowest BCUT2D eigenvalue weighted by molar-refractivity contribution is -0.119. The zero-order chi connectivity index (χ0) is 19.2. The first-order chi connectivity index (χ1) is 13.3. The van der Waals surface area contributed by atoms with Gasteiger partial charge in [0.25, 0.3) is 0 Å². The molecular formula is C17H28N8O2. The van der Waals surface area contributed by atoms with Crippen molar-refractivity contribution in [2.45, 2.75) is 83.0 Å². The number of aldehydes is 1. The van der Waals surface area contributed by atoms with Gasteiger partial charge >= 0.3 is 0 Å². The first-order valence-corrected chi connectivity index (χ1v) is 9.74. The molecule has 0 bridgehead atoms. The van der Waals surface area contributed by atoms with Crippen LogP contribution < -0.4 is 0 Å². The number of unbranched alkanes of at least 4 members (excludes halogenated alkanes) is 7. The second-order valence-electron chi connectivity index (χ2n) is 6.74. The molecule has 0 spiro atoms. The van der Waals surface area contributed by atoms with Crippen LogP contribution in [0.15, 0.2) is 0 Å². The Bertz CT molecular complexity index is 595. The van der Waals surface area contributed by atoms with Gasteiger partial charge in [0.2, 0.25) is 0 Å². The van der Waals surface area contributed by atoms with Crippen molar-refractivity contribution in [2.75, 3.05) is 0 Å². The molecule has 0 fully saturated rings. The standard InChI is InChI=1S/C17H28N8O2/c26-13-9-5-3-1-2-4-6-10-14(27)11-7-8-12-15(16-18-22-23-19-16)17-20-24-25-21-17/h13,15H,1-12H2,(H,18,19,22,23)(H,20,21,24,25). The number of hydrogen-bond acceptors (Lipinski definition) is 8.